The lowest BCUT2D eigenvalue weighted by atomic mass is 10.1. The molecule has 1 atom stereocenters. The molecule has 1 aliphatic rings. The van der Waals surface area contributed by atoms with Crippen LogP contribution in [0.5, 0.6) is 17.4 Å². The van der Waals surface area contributed by atoms with E-state index in [9.17, 15) is 4.79 Å². The molecular weight excluding hydrogens is 360 g/mol. The molecule has 2 aromatic rings. The third-order valence-corrected chi connectivity index (χ3v) is 4.59. The van der Waals surface area contributed by atoms with Crippen LogP contribution in [0.1, 0.15) is 28.8 Å². The van der Waals surface area contributed by atoms with Gasteiger partial charge in [-0.15, -0.1) is 0 Å². The number of nitrogens with one attached hydrogen (secondary N) is 1. The highest BCUT2D eigenvalue weighted by molar-refractivity contribution is 5.93. The number of hydrogen-bond donors (Lipinski definition) is 1. The zero-order valence-electron chi connectivity index (χ0n) is 16.3. The number of ether oxygens (including phenoxy) is 4. The van der Waals surface area contributed by atoms with E-state index in [4.69, 9.17) is 18.9 Å². The topological polar surface area (TPSA) is 78.9 Å². The predicted molar refractivity (Wildman–Crippen MR) is 104 cm³/mol. The molecule has 1 amide bonds. The second kappa shape index (κ2) is 9.94. The number of benzene rings is 1. The van der Waals surface area contributed by atoms with E-state index in [1.54, 1.807) is 26.4 Å². The summed E-state index contributed by atoms with van der Waals surface area (Å²) in [6.45, 7) is 1.79. The molecule has 7 nitrogen and oxygen atoms in total. The summed E-state index contributed by atoms with van der Waals surface area (Å²) in [5.41, 5.74) is 1.55. The Morgan fingerprint density at radius 1 is 1.21 bits per heavy atom. The molecule has 1 fully saturated rings. The van der Waals surface area contributed by atoms with Crippen LogP contribution in [-0.4, -0.2) is 51.0 Å². The largest absolute Gasteiger partial charge is 0.493 e. The Bertz CT molecular complexity index is 773. The number of rotatable bonds is 9. The SMILES string of the molecule is COc1ccc(CCNC(=O)c2ccc(OC[C@@H]3CCCO3)nc2)cc1OC. The van der Waals surface area contributed by atoms with Crippen LogP contribution in [0, 0.1) is 0 Å². The van der Waals surface area contributed by atoms with Crippen molar-refractivity contribution in [2.24, 2.45) is 0 Å². The van der Waals surface area contributed by atoms with E-state index in [-0.39, 0.29) is 12.0 Å². The van der Waals surface area contributed by atoms with E-state index < -0.39 is 0 Å². The third kappa shape index (κ3) is 5.36. The van der Waals surface area contributed by atoms with Gasteiger partial charge in [-0.05, 0) is 43.0 Å². The minimum atomic E-state index is -0.168. The Kier molecular flexibility index (Phi) is 7.08. The normalized spacial score (nSPS) is 15.9. The molecule has 1 aromatic carbocycles. The number of nitrogens with zero attached hydrogens (tertiary/aromatic N) is 1. The highest BCUT2D eigenvalue weighted by Crippen LogP contribution is 2.27. The number of carbonyl (C=O) groups is 1. The van der Waals surface area contributed by atoms with Gasteiger partial charge in [-0.25, -0.2) is 4.98 Å². The summed E-state index contributed by atoms with van der Waals surface area (Å²) in [4.78, 5) is 16.5. The van der Waals surface area contributed by atoms with Crippen LogP contribution in [0.2, 0.25) is 0 Å². The van der Waals surface area contributed by atoms with Gasteiger partial charge in [0, 0.05) is 25.4 Å². The monoisotopic (exact) mass is 386 g/mol. The molecule has 2 heterocycles. The average molecular weight is 386 g/mol. The standard InChI is InChI=1S/C21H26N2O5/c1-25-18-7-5-15(12-19(18)26-2)9-10-22-21(24)16-6-8-20(23-13-16)28-14-17-4-3-11-27-17/h5-8,12-13,17H,3-4,9-11,14H2,1-2H3,(H,22,24)/t17-/m0/s1. The molecule has 0 bridgehead atoms. The molecule has 1 aliphatic heterocycles. The van der Waals surface area contributed by atoms with E-state index in [1.807, 2.05) is 18.2 Å². The zero-order valence-corrected chi connectivity index (χ0v) is 16.3. The zero-order chi connectivity index (χ0) is 19.8. The number of hydrogen-bond acceptors (Lipinski definition) is 6. The maximum Gasteiger partial charge on any atom is 0.252 e. The first kappa shape index (κ1) is 19.9. The highest BCUT2D eigenvalue weighted by Gasteiger charge is 2.16. The molecule has 28 heavy (non-hydrogen) atoms. The Balaban J connectivity index is 1.45. The summed E-state index contributed by atoms with van der Waals surface area (Å²) in [6, 6.07) is 9.14. The number of carbonyl (C=O) groups excluding carboxylic acids is 1. The van der Waals surface area contributed by atoms with Crippen molar-refractivity contribution in [3.63, 3.8) is 0 Å². The van der Waals surface area contributed by atoms with Crippen molar-refractivity contribution in [2.45, 2.75) is 25.4 Å². The Hall–Kier alpha value is -2.80. The number of methoxy groups -OCH3 is 2. The Morgan fingerprint density at radius 3 is 2.75 bits per heavy atom. The first-order valence-electron chi connectivity index (χ1n) is 9.39. The molecule has 0 spiro atoms. The highest BCUT2D eigenvalue weighted by atomic mass is 16.5. The number of amides is 1. The molecule has 1 N–H and O–H groups in total. The van der Waals surface area contributed by atoms with Crippen LogP contribution in [0.15, 0.2) is 36.5 Å². The molecule has 1 aromatic heterocycles. The van der Waals surface area contributed by atoms with Crippen LogP contribution in [0.3, 0.4) is 0 Å². The third-order valence-electron chi connectivity index (χ3n) is 4.59. The molecule has 0 aliphatic carbocycles. The first-order chi connectivity index (χ1) is 13.7. The van der Waals surface area contributed by atoms with Gasteiger partial charge in [-0.2, -0.15) is 0 Å². The molecule has 1 saturated heterocycles. The van der Waals surface area contributed by atoms with Crippen LogP contribution >= 0.6 is 0 Å². The van der Waals surface area contributed by atoms with Crippen molar-refractivity contribution in [3.8, 4) is 17.4 Å². The summed E-state index contributed by atoms with van der Waals surface area (Å²) in [5.74, 6) is 1.69. The van der Waals surface area contributed by atoms with E-state index in [0.29, 0.717) is 42.5 Å². The van der Waals surface area contributed by atoms with Crippen LogP contribution in [-0.2, 0) is 11.2 Å². The number of pyridine rings is 1. The van der Waals surface area contributed by atoms with Gasteiger partial charge in [0.15, 0.2) is 11.5 Å². The minimum Gasteiger partial charge on any atom is -0.493 e. The molecule has 3 rings (SSSR count). The van der Waals surface area contributed by atoms with E-state index >= 15 is 0 Å². The lowest BCUT2D eigenvalue weighted by molar-refractivity contribution is 0.0663. The van der Waals surface area contributed by atoms with Crippen molar-refractivity contribution in [1.82, 2.24) is 10.3 Å². The summed E-state index contributed by atoms with van der Waals surface area (Å²) < 4.78 is 21.7. The fraction of sp³-hybridized carbons (Fsp3) is 0.429. The fourth-order valence-electron chi connectivity index (χ4n) is 3.01. The van der Waals surface area contributed by atoms with Crippen molar-refractivity contribution in [3.05, 3.63) is 47.7 Å². The second-order valence-corrected chi connectivity index (χ2v) is 6.53. The maximum atomic E-state index is 12.3. The van der Waals surface area contributed by atoms with Crippen molar-refractivity contribution >= 4 is 5.91 Å². The summed E-state index contributed by atoms with van der Waals surface area (Å²) in [6.07, 6.45) is 4.43. The quantitative estimate of drug-likeness (QED) is 0.714. The predicted octanol–water partition coefficient (Wildman–Crippen LogP) is 2.63. The van der Waals surface area contributed by atoms with Gasteiger partial charge in [-0.3, -0.25) is 4.79 Å². The lowest BCUT2D eigenvalue weighted by Crippen LogP contribution is -2.25. The van der Waals surface area contributed by atoms with Gasteiger partial charge in [0.25, 0.3) is 5.91 Å². The lowest BCUT2D eigenvalue weighted by Gasteiger charge is -2.11. The molecule has 0 saturated carbocycles. The van der Waals surface area contributed by atoms with Gasteiger partial charge in [-0.1, -0.05) is 6.07 Å². The van der Waals surface area contributed by atoms with E-state index in [1.165, 1.54) is 6.20 Å². The molecule has 0 unspecified atom stereocenters. The summed E-state index contributed by atoms with van der Waals surface area (Å²) in [5, 5.41) is 2.90. The fourth-order valence-corrected chi connectivity index (χ4v) is 3.01. The molecule has 7 heteroatoms. The minimum absolute atomic E-state index is 0.140. The maximum absolute atomic E-state index is 12.3. The van der Waals surface area contributed by atoms with Crippen molar-refractivity contribution in [1.29, 1.82) is 0 Å². The van der Waals surface area contributed by atoms with Gasteiger partial charge in [0.2, 0.25) is 5.88 Å². The smallest absolute Gasteiger partial charge is 0.252 e. The van der Waals surface area contributed by atoms with Crippen molar-refractivity contribution < 1.29 is 23.7 Å². The first-order valence-corrected chi connectivity index (χ1v) is 9.39. The van der Waals surface area contributed by atoms with Gasteiger partial charge >= 0.3 is 0 Å². The van der Waals surface area contributed by atoms with Crippen LogP contribution < -0.4 is 19.5 Å². The van der Waals surface area contributed by atoms with Gasteiger partial charge < -0.3 is 24.3 Å². The average Bonchev–Trinajstić information content (AvgIpc) is 3.26. The Labute approximate surface area is 165 Å². The molecule has 150 valence electrons. The van der Waals surface area contributed by atoms with Crippen LogP contribution in [0.4, 0.5) is 0 Å². The van der Waals surface area contributed by atoms with Crippen molar-refractivity contribution in [2.75, 3.05) is 34.0 Å². The number of aromatic nitrogens is 1. The second-order valence-electron chi connectivity index (χ2n) is 6.53. The Morgan fingerprint density at radius 2 is 2.07 bits per heavy atom. The summed E-state index contributed by atoms with van der Waals surface area (Å²) in [7, 11) is 3.20. The van der Waals surface area contributed by atoms with Gasteiger partial charge in [0.05, 0.1) is 25.9 Å². The van der Waals surface area contributed by atoms with E-state index in [2.05, 4.69) is 10.3 Å². The molecular formula is C21H26N2O5. The van der Waals surface area contributed by atoms with Gasteiger partial charge in [0.1, 0.15) is 6.61 Å². The molecule has 0 radical (unpaired) electrons. The van der Waals surface area contributed by atoms with Crippen LogP contribution in [0.25, 0.3) is 0 Å². The van der Waals surface area contributed by atoms with E-state index in [0.717, 1.165) is 25.0 Å². The summed E-state index contributed by atoms with van der Waals surface area (Å²) >= 11 is 0.